The molecule has 0 bridgehead atoms. The zero-order valence-electron chi connectivity index (χ0n) is 19.1. The first-order chi connectivity index (χ1) is 14.8. The van der Waals surface area contributed by atoms with E-state index in [1.807, 2.05) is 43.3 Å². The molecule has 0 heterocycles. The summed E-state index contributed by atoms with van der Waals surface area (Å²) in [5, 5.41) is 3.19. The van der Waals surface area contributed by atoms with Crippen molar-refractivity contribution in [1.82, 2.24) is 10.2 Å². The first-order valence-corrected chi connectivity index (χ1v) is 11.0. The zero-order chi connectivity index (χ0) is 23.5. The van der Waals surface area contributed by atoms with Gasteiger partial charge in [0, 0.05) is 24.2 Å². The van der Waals surface area contributed by atoms with Gasteiger partial charge in [0.25, 0.3) is 0 Å². The van der Waals surface area contributed by atoms with E-state index in [0.29, 0.717) is 24.6 Å². The Kier molecular flexibility index (Phi) is 17.3. The quantitative estimate of drug-likeness (QED) is 0.162. The highest BCUT2D eigenvalue weighted by Gasteiger charge is 2.24. The standard InChI is InChI=1S/C24H38ClN3O3/c1-5-20(13-9-7-8-10-16-26)19-22(24(30)31-18-12-17-28(3)4)27-23(29)15-11-14-21(25)6-2/h6-11,14-15,20,22H,2,5,12-13,16-19,26H2,1,3-4H3,(H,27,29)/b9-7-,10-8-,15-11+,21-14+. The number of amides is 1. The molecule has 0 saturated heterocycles. The van der Waals surface area contributed by atoms with E-state index in [-0.39, 0.29) is 11.8 Å². The molecule has 0 aromatic carbocycles. The Morgan fingerprint density at radius 2 is 1.94 bits per heavy atom. The summed E-state index contributed by atoms with van der Waals surface area (Å²) in [7, 11) is 3.93. The van der Waals surface area contributed by atoms with E-state index < -0.39 is 12.0 Å². The van der Waals surface area contributed by atoms with Crippen LogP contribution in [-0.2, 0) is 14.3 Å². The van der Waals surface area contributed by atoms with Gasteiger partial charge in [0.1, 0.15) is 6.04 Å². The third kappa shape index (κ3) is 16.2. The first kappa shape index (κ1) is 28.9. The van der Waals surface area contributed by atoms with Crippen LogP contribution in [0.2, 0.25) is 0 Å². The van der Waals surface area contributed by atoms with Crippen molar-refractivity contribution in [3.8, 4) is 0 Å². The molecular weight excluding hydrogens is 414 g/mol. The number of carbonyl (C=O) groups excluding carboxylic acids is 2. The normalized spacial score (nSPS) is 14.5. The summed E-state index contributed by atoms with van der Waals surface area (Å²) in [6.45, 7) is 7.25. The topological polar surface area (TPSA) is 84.7 Å². The molecule has 3 N–H and O–H groups in total. The molecule has 31 heavy (non-hydrogen) atoms. The predicted octanol–water partition coefficient (Wildman–Crippen LogP) is 3.71. The largest absolute Gasteiger partial charge is 0.464 e. The molecule has 0 saturated carbocycles. The van der Waals surface area contributed by atoms with E-state index >= 15 is 0 Å². The zero-order valence-corrected chi connectivity index (χ0v) is 19.8. The lowest BCUT2D eigenvalue weighted by molar-refractivity contribution is -0.148. The number of esters is 1. The molecule has 0 rings (SSSR count). The Morgan fingerprint density at radius 3 is 2.55 bits per heavy atom. The van der Waals surface area contributed by atoms with Crippen LogP contribution in [0.25, 0.3) is 0 Å². The van der Waals surface area contributed by atoms with Crippen LogP contribution in [0, 0.1) is 5.92 Å². The number of ether oxygens (including phenoxy) is 1. The predicted molar refractivity (Wildman–Crippen MR) is 130 cm³/mol. The van der Waals surface area contributed by atoms with Gasteiger partial charge < -0.3 is 20.7 Å². The number of nitrogens with two attached hydrogens (primary N) is 1. The molecule has 0 aromatic heterocycles. The van der Waals surface area contributed by atoms with Gasteiger partial charge in [0.15, 0.2) is 0 Å². The summed E-state index contributed by atoms with van der Waals surface area (Å²) < 4.78 is 5.42. The van der Waals surface area contributed by atoms with Crippen LogP contribution in [0.4, 0.5) is 0 Å². The van der Waals surface area contributed by atoms with Crippen molar-refractivity contribution in [3.63, 3.8) is 0 Å². The molecule has 6 nitrogen and oxygen atoms in total. The van der Waals surface area contributed by atoms with Gasteiger partial charge in [0.2, 0.25) is 5.91 Å². The molecule has 0 aliphatic rings. The third-order valence-electron chi connectivity index (χ3n) is 4.43. The van der Waals surface area contributed by atoms with Crippen LogP contribution in [0.3, 0.4) is 0 Å². The Bertz CT molecular complexity index is 654. The highest BCUT2D eigenvalue weighted by Crippen LogP contribution is 2.17. The Morgan fingerprint density at radius 1 is 1.23 bits per heavy atom. The van der Waals surface area contributed by atoms with Gasteiger partial charge in [0.05, 0.1) is 6.61 Å². The second kappa shape index (κ2) is 18.6. The number of allylic oxidation sites excluding steroid dienone is 7. The van der Waals surface area contributed by atoms with Crippen LogP contribution in [0.5, 0.6) is 0 Å². The summed E-state index contributed by atoms with van der Waals surface area (Å²) >= 11 is 5.83. The molecule has 2 unspecified atom stereocenters. The van der Waals surface area contributed by atoms with Crippen molar-refractivity contribution in [2.45, 2.75) is 38.6 Å². The number of nitrogens with zero attached hydrogens (tertiary/aromatic N) is 1. The number of hydrogen-bond donors (Lipinski definition) is 2. The molecular formula is C24H38ClN3O3. The van der Waals surface area contributed by atoms with Crippen molar-refractivity contribution < 1.29 is 14.3 Å². The van der Waals surface area contributed by atoms with Gasteiger partial charge in [-0.05, 0) is 45.4 Å². The smallest absolute Gasteiger partial charge is 0.328 e. The molecule has 0 fully saturated rings. The maximum absolute atomic E-state index is 12.7. The summed E-state index contributed by atoms with van der Waals surface area (Å²) in [4.78, 5) is 27.0. The second-order valence-corrected chi connectivity index (χ2v) is 7.77. The van der Waals surface area contributed by atoms with Crippen LogP contribution in [-0.4, -0.2) is 56.6 Å². The fourth-order valence-electron chi connectivity index (χ4n) is 2.65. The molecule has 2 atom stereocenters. The van der Waals surface area contributed by atoms with Crippen LogP contribution in [0.15, 0.2) is 60.2 Å². The molecule has 174 valence electrons. The molecule has 0 spiro atoms. The fourth-order valence-corrected chi connectivity index (χ4v) is 2.73. The minimum Gasteiger partial charge on any atom is -0.464 e. The Hall–Kier alpha value is -2.15. The van der Waals surface area contributed by atoms with Gasteiger partial charge >= 0.3 is 5.97 Å². The monoisotopic (exact) mass is 451 g/mol. The van der Waals surface area contributed by atoms with Gasteiger partial charge in [-0.3, -0.25) is 4.79 Å². The molecule has 0 aromatic rings. The average Bonchev–Trinajstić information content (AvgIpc) is 2.74. The molecule has 0 aliphatic heterocycles. The SMILES string of the molecule is C=C/C(Cl)=C\C=C\C(=O)NC(CC(CC)C/C=C\C=C/CN)C(=O)OCCCN(C)C. The van der Waals surface area contributed by atoms with Gasteiger partial charge in [-0.25, -0.2) is 4.79 Å². The molecule has 0 aliphatic carbocycles. The van der Waals surface area contributed by atoms with Crippen LogP contribution >= 0.6 is 11.6 Å². The highest BCUT2D eigenvalue weighted by atomic mass is 35.5. The number of rotatable bonds is 16. The second-order valence-electron chi connectivity index (χ2n) is 7.34. The van der Waals surface area contributed by atoms with E-state index in [1.165, 1.54) is 18.2 Å². The van der Waals surface area contributed by atoms with E-state index in [9.17, 15) is 9.59 Å². The maximum Gasteiger partial charge on any atom is 0.328 e. The first-order valence-electron chi connectivity index (χ1n) is 10.6. The van der Waals surface area contributed by atoms with E-state index in [2.05, 4.69) is 18.8 Å². The van der Waals surface area contributed by atoms with E-state index in [1.54, 1.807) is 6.08 Å². The van der Waals surface area contributed by atoms with Gasteiger partial charge in [-0.2, -0.15) is 0 Å². The van der Waals surface area contributed by atoms with E-state index in [0.717, 1.165) is 25.8 Å². The van der Waals surface area contributed by atoms with Crippen LogP contribution < -0.4 is 11.1 Å². The number of nitrogens with one attached hydrogen (secondary N) is 1. The summed E-state index contributed by atoms with van der Waals surface area (Å²) in [6, 6.07) is -0.715. The Balaban J connectivity index is 5.07. The summed E-state index contributed by atoms with van der Waals surface area (Å²) in [6.07, 6.45) is 16.5. The summed E-state index contributed by atoms with van der Waals surface area (Å²) in [5.41, 5.74) is 5.43. The molecule has 0 radical (unpaired) electrons. The minimum atomic E-state index is -0.715. The number of hydrogen-bond acceptors (Lipinski definition) is 5. The van der Waals surface area contributed by atoms with Crippen molar-refractivity contribution in [1.29, 1.82) is 0 Å². The number of carbonyl (C=O) groups is 2. The van der Waals surface area contributed by atoms with Crippen molar-refractivity contribution >= 4 is 23.5 Å². The third-order valence-corrected chi connectivity index (χ3v) is 4.71. The van der Waals surface area contributed by atoms with Crippen molar-refractivity contribution in [2.24, 2.45) is 11.7 Å². The molecule has 7 heteroatoms. The van der Waals surface area contributed by atoms with Gasteiger partial charge in [-0.1, -0.05) is 68.0 Å². The summed E-state index contributed by atoms with van der Waals surface area (Å²) in [5.74, 6) is -0.567. The van der Waals surface area contributed by atoms with Crippen LogP contribution in [0.1, 0.15) is 32.6 Å². The Labute approximate surface area is 192 Å². The lowest BCUT2D eigenvalue weighted by Crippen LogP contribution is -2.42. The highest BCUT2D eigenvalue weighted by molar-refractivity contribution is 6.31. The fraction of sp³-hybridized carbons (Fsp3) is 0.500. The lowest BCUT2D eigenvalue weighted by Gasteiger charge is -2.22. The van der Waals surface area contributed by atoms with E-state index in [4.69, 9.17) is 22.1 Å². The molecule has 1 amide bonds. The maximum atomic E-state index is 12.7. The minimum absolute atomic E-state index is 0.223. The van der Waals surface area contributed by atoms with Crippen molar-refractivity contribution in [3.05, 3.63) is 60.2 Å². The number of halogens is 1. The van der Waals surface area contributed by atoms with Gasteiger partial charge in [-0.15, -0.1) is 0 Å². The lowest BCUT2D eigenvalue weighted by atomic mass is 9.93. The van der Waals surface area contributed by atoms with Crippen molar-refractivity contribution in [2.75, 3.05) is 33.8 Å². The average molecular weight is 452 g/mol.